The molecular weight excluding hydrogens is 432 g/mol. The fraction of sp³-hybridized carbons (Fsp3) is 0.929. The predicted molar refractivity (Wildman–Crippen MR) is 131 cm³/mol. The Labute approximate surface area is 206 Å². The smallest absolute Gasteiger partial charge is 0.315 e. The van der Waals surface area contributed by atoms with Crippen LogP contribution in [-0.4, -0.2) is 44.2 Å². The van der Waals surface area contributed by atoms with E-state index in [2.05, 4.69) is 41.5 Å². The predicted octanol–water partition coefficient (Wildman–Crippen LogP) is 5.62. The van der Waals surface area contributed by atoms with Gasteiger partial charge in [0.2, 0.25) is 0 Å². The molecule has 0 heterocycles. The van der Waals surface area contributed by atoms with Crippen LogP contribution in [0, 0.1) is 47.3 Å². The molecule has 0 aromatic heterocycles. The number of rotatable bonds is 8. The van der Waals surface area contributed by atoms with Gasteiger partial charge in [-0.25, -0.2) is 0 Å². The van der Waals surface area contributed by atoms with Gasteiger partial charge in [-0.3, -0.25) is 9.59 Å². The molecule has 3 aliphatic rings. The van der Waals surface area contributed by atoms with E-state index in [0.29, 0.717) is 41.9 Å². The van der Waals surface area contributed by atoms with Gasteiger partial charge >= 0.3 is 11.9 Å². The highest BCUT2D eigenvalue weighted by Gasteiger charge is 2.64. The zero-order chi connectivity index (χ0) is 25.2. The van der Waals surface area contributed by atoms with E-state index < -0.39 is 17.6 Å². The van der Waals surface area contributed by atoms with Gasteiger partial charge in [-0.15, -0.1) is 0 Å². The highest BCUT2D eigenvalue weighted by molar-refractivity contribution is 5.85. The van der Waals surface area contributed by atoms with Crippen molar-refractivity contribution in [1.29, 1.82) is 0 Å². The second-order valence-corrected chi connectivity index (χ2v) is 12.1. The number of esters is 2. The summed E-state index contributed by atoms with van der Waals surface area (Å²) in [6.45, 7) is 13.2. The lowest BCUT2D eigenvalue weighted by atomic mass is 9.67. The van der Waals surface area contributed by atoms with Gasteiger partial charge in [0.15, 0.2) is 5.79 Å². The maximum atomic E-state index is 13.5. The van der Waals surface area contributed by atoms with Crippen molar-refractivity contribution in [2.24, 2.45) is 47.3 Å². The van der Waals surface area contributed by atoms with E-state index in [0.717, 1.165) is 32.1 Å². The van der Waals surface area contributed by atoms with Crippen molar-refractivity contribution in [1.82, 2.24) is 0 Å². The summed E-state index contributed by atoms with van der Waals surface area (Å²) in [6, 6.07) is 0. The van der Waals surface area contributed by atoms with Crippen molar-refractivity contribution >= 4 is 11.9 Å². The van der Waals surface area contributed by atoms with Crippen molar-refractivity contribution in [3.63, 3.8) is 0 Å². The molecule has 0 radical (unpaired) electrons. The molecule has 196 valence electrons. The van der Waals surface area contributed by atoms with Gasteiger partial charge in [0.1, 0.15) is 18.1 Å². The molecule has 6 heteroatoms. The summed E-state index contributed by atoms with van der Waals surface area (Å²) < 4.78 is 23.6. The average molecular weight is 481 g/mol. The Hall–Kier alpha value is -1.14. The maximum absolute atomic E-state index is 13.5. The minimum Gasteiger partial charge on any atom is -0.462 e. The third-order valence-corrected chi connectivity index (χ3v) is 9.09. The molecule has 3 fully saturated rings. The molecule has 0 N–H and O–H groups in total. The first kappa shape index (κ1) is 27.4. The first-order chi connectivity index (χ1) is 16.0. The summed E-state index contributed by atoms with van der Waals surface area (Å²) in [5.74, 6) is -0.613. The van der Waals surface area contributed by atoms with Crippen molar-refractivity contribution in [2.45, 2.75) is 104 Å². The van der Waals surface area contributed by atoms with E-state index in [1.165, 1.54) is 20.6 Å². The van der Waals surface area contributed by atoms with Gasteiger partial charge in [0.05, 0.1) is 5.92 Å². The molecule has 0 bridgehead atoms. The van der Waals surface area contributed by atoms with Crippen molar-refractivity contribution in [3.05, 3.63) is 0 Å². The molecule has 34 heavy (non-hydrogen) atoms. The molecule has 3 rings (SSSR count). The molecule has 0 aromatic rings. The Morgan fingerprint density at radius 1 is 0.735 bits per heavy atom. The van der Waals surface area contributed by atoms with Crippen LogP contribution in [0.4, 0.5) is 0 Å². The number of ether oxygens (including phenoxy) is 4. The summed E-state index contributed by atoms with van der Waals surface area (Å²) in [5, 5.41) is 0. The lowest BCUT2D eigenvalue weighted by Gasteiger charge is -2.50. The minimum absolute atomic E-state index is 0.0995. The summed E-state index contributed by atoms with van der Waals surface area (Å²) in [4.78, 5) is 26.9. The zero-order valence-corrected chi connectivity index (χ0v) is 22.7. The topological polar surface area (TPSA) is 71.1 Å². The van der Waals surface area contributed by atoms with Crippen molar-refractivity contribution in [3.8, 4) is 0 Å². The summed E-state index contributed by atoms with van der Waals surface area (Å²) >= 11 is 0. The second-order valence-electron chi connectivity index (χ2n) is 12.1. The molecule has 0 aromatic carbocycles. The minimum atomic E-state index is -1.13. The monoisotopic (exact) mass is 480 g/mol. The molecule has 3 saturated carbocycles. The third kappa shape index (κ3) is 5.64. The number of carbonyl (C=O) groups excluding carboxylic acids is 2. The van der Waals surface area contributed by atoms with E-state index in [4.69, 9.17) is 18.9 Å². The van der Waals surface area contributed by atoms with Crippen LogP contribution < -0.4 is 0 Å². The van der Waals surface area contributed by atoms with Gasteiger partial charge in [-0.2, -0.15) is 0 Å². The first-order valence-corrected chi connectivity index (χ1v) is 13.5. The average Bonchev–Trinajstić information content (AvgIpc) is 2.73. The lowest BCUT2D eigenvalue weighted by Crippen LogP contribution is -2.63. The number of carbonyl (C=O) groups is 2. The third-order valence-electron chi connectivity index (χ3n) is 9.09. The quantitative estimate of drug-likeness (QED) is 0.332. The summed E-state index contributed by atoms with van der Waals surface area (Å²) in [6.07, 6.45) is 6.27. The van der Waals surface area contributed by atoms with E-state index in [9.17, 15) is 9.59 Å². The molecule has 0 amide bonds. The van der Waals surface area contributed by atoms with Gasteiger partial charge < -0.3 is 18.9 Å². The van der Waals surface area contributed by atoms with Crippen molar-refractivity contribution in [2.75, 3.05) is 14.2 Å². The van der Waals surface area contributed by atoms with E-state index in [-0.39, 0.29) is 24.1 Å². The molecule has 3 aliphatic carbocycles. The first-order valence-electron chi connectivity index (χ1n) is 13.5. The van der Waals surface area contributed by atoms with Crippen LogP contribution in [0.3, 0.4) is 0 Å². The van der Waals surface area contributed by atoms with Crippen LogP contribution in [0.2, 0.25) is 0 Å². The van der Waals surface area contributed by atoms with Gasteiger partial charge in [-0.1, -0.05) is 54.4 Å². The van der Waals surface area contributed by atoms with E-state index >= 15 is 0 Å². The lowest BCUT2D eigenvalue weighted by molar-refractivity contribution is -0.308. The Balaban J connectivity index is 1.74. The number of methoxy groups -OCH3 is 2. The standard InChI is InChI=1S/C28H48O6/c1-16(2)20-11-9-18(5)13-23(20)33-26(29)22-15-28(31-7,32-8)25(22)27(30)34-24-14-19(6)10-12-21(24)17(3)4/h16-25H,9-15H2,1-8H3/t18-,19-,20+,21+,22?,23-,24-,25?/m1/s1. The zero-order valence-electron chi connectivity index (χ0n) is 22.7. The maximum Gasteiger partial charge on any atom is 0.315 e. The summed E-state index contributed by atoms with van der Waals surface area (Å²) in [7, 11) is 3.06. The Morgan fingerprint density at radius 2 is 1.18 bits per heavy atom. The molecular formula is C28H48O6. The Kier molecular flexibility index (Phi) is 9.11. The number of hydrogen-bond acceptors (Lipinski definition) is 6. The highest BCUT2D eigenvalue weighted by Crippen LogP contribution is 2.50. The molecule has 8 atom stereocenters. The Morgan fingerprint density at radius 3 is 1.59 bits per heavy atom. The van der Waals surface area contributed by atoms with Crippen molar-refractivity contribution < 1.29 is 28.5 Å². The number of hydrogen-bond donors (Lipinski definition) is 0. The van der Waals surface area contributed by atoms with Crippen LogP contribution in [-0.2, 0) is 28.5 Å². The SMILES string of the molecule is COC1(OC)CC(C(=O)O[C@@H]2C[C@H](C)CC[C@H]2C(C)C)C1C(=O)O[C@@H]1C[C@H](C)CC[C@H]1C(C)C. The Bertz CT molecular complexity index is 699. The molecule has 0 spiro atoms. The molecule has 6 nitrogen and oxygen atoms in total. The molecule has 0 saturated heterocycles. The van der Waals surface area contributed by atoms with E-state index in [1.807, 2.05) is 0 Å². The van der Waals surface area contributed by atoms with Gasteiger partial charge in [0.25, 0.3) is 0 Å². The molecule has 2 unspecified atom stereocenters. The normalized spacial score (nSPS) is 37.8. The van der Waals surface area contributed by atoms with Crippen LogP contribution in [0.1, 0.15) is 86.5 Å². The van der Waals surface area contributed by atoms with Crippen LogP contribution in [0.5, 0.6) is 0 Å². The van der Waals surface area contributed by atoms with Crippen LogP contribution >= 0.6 is 0 Å². The fourth-order valence-electron chi connectivity index (χ4n) is 6.72. The van der Waals surface area contributed by atoms with Gasteiger partial charge in [-0.05, 0) is 61.2 Å². The molecule has 0 aliphatic heterocycles. The van der Waals surface area contributed by atoms with Gasteiger partial charge in [0, 0.05) is 20.6 Å². The summed E-state index contributed by atoms with van der Waals surface area (Å²) in [5.41, 5.74) is 0. The van der Waals surface area contributed by atoms with Crippen LogP contribution in [0.25, 0.3) is 0 Å². The van der Waals surface area contributed by atoms with Crippen LogP contribution in [0.15, 0.2) is 0 Å². The van der Waals surface area contributed by atoms with E-state index in [1.54, 1.807) is 0 Å². The highest BCUT2D eigenvalue weighted by atomic mass is 16.7. The fourth-order valence-corrected chi connectivity index (χ4v) is 6.72. The second kappa shape index (κ2) is 11.3. The largest absolute Gasteiger partial charge is 0.462 e.